The van der Waals surface area contributed by atoms with E-state index >= 15 is 0 Å². The molecule has 1 aromatic heterocycles. The molecule has 1 fully saturated rings. The van der Waals surface area contributed by atoms with Gasteiger partial charge in [0.15, 0.2) is 0 Å². The van der Waals surface area contributed by atoms with Crippen LogP contribution in [0.5, 0.6) is 5.75 Å². The molecule has 0 aliphatic carbocycles. The first kappa shape index (κ1) is 21.1. The molecule has 1 saturated heterocycles. The maximum atomic E-state index is 12.8. The van der Waals surface area contributed by atoms with Crippen molar-refractivity contribution in [2.75, 3.05) is 20.2 Å². The minimum atomic E-state index is -0.521. The number of nitrogens with one attached hydrogen (secondary N) is 1. The zero-order valence-corrected chi connectivity index (χ0v) is 18.0. The first-order valence-corrected chi connectivity index (χ1v) is 10.5. The summed E-state index contributed by atoms with van der Waals surface area (Å²) in [5.41, 5.74) is 0.891. The van der Waals surface area contributed by atoms with Gasteiger partial charge in [-0.25, -0.2) is 9.78 Å². The van der Waals surface area contributed by atoms with Gasteiger partial charge < -0.3 is 19.7 Å². The fourth-order valence-corrected chi connectivity index (χ4v) is 3.90. The molecule has 0 atom stereocenters. The number of hydrogen-bond acceptors (Lipinski definition) is 6. The third-order valence-electron chi connectivity index (χ3n) is 4.56. The van der Waals surface area contributed by atoms with Crippen molar-refractivity contribution in [3.05, 3.63) is 35.3 Å². The van der Waals surface area contributed by atoms with Gasteiger partial charge in [-0.2, -0.15) is 0 Å². The van der Waals surface area contributed by atoms with Crippen molar-refractivity contribution in [3.63, 3.8) is 0 Å². The van der Waals surface area contributed by atoms with Crippen LogP contribution in [0.15, 0.2) is 29.6 Å². The average Bonchev–Trinajstić information content (AvgIpc) is 3.17. The van der Waals surface area contributed by atoms with Crippen molar-refractivity contribution in [1.82, 2.24) is 15.2 Å². The van der Waals surface area contributed by atoms with Crippen LogP contribution >= 0.6 is 11.3 Å². The Balaban J connectivity index is 1.54. The predicted molar refractivity (Wildman–Crippen MR) is 112 cm³/mol. The molecule has 3 rings (SSSR count). The van der Waals surface area contributed by atoms with E-state index in [2.05, 4.69) is 10.3 Å². The van der Waals surface area contributed by atoms with Gasteiger partial charge in [-0.3, -0.25) is 4.79 Å². The maximum Gasteiger partial charge on any atom is 0.407 e. The fourth-order valence-electron chi connectivity index (χ4n) is 3.10. The van der Waals surface area contributed by atoms with Crippen LogP contribution in [0.3, 0.4) is 0 Å². The summed E-state index contributed by atoms with van der Waals surface area (Å²) in [4.78, 5) is 31.0. The quantitative estimate of drug-likeness (QED) is 0.815. The number of amides is 2. The second-order valence-electron chi connectivity index (χ2n) is 7.98. The molecule has 2 heterocycles. The lowest BCUT2D eigenvalue weighted by atomic mass is 10.1. The highest BCUT2D eigenvalue weighted by atomic mass is 32.1. The Morgan fingerprint density at radius 2 is 1.83 bits per heavy atom. The minimum Gasteiger partial charge on any atom is -0.497 e. The van der Waals surface area contributed by atoms with Crippen LogP contribution in [0.2, 0.25) is 0 Å². The topological polar surface area (TPSA) is 80.8 Å². The van der Waals surface area contributed by atoms with E-state index in [-0.39, 0.29) is 11.9 Å². The molecule has 29 heavy (non-hydrogen) atoms. The Hall–Kier alpha value is -2.61. The summed E-state index contributed by atoms with van der Waals surface area (Å²) in [6, 6.07) is 7.63. The third-order valence-corrected chi connectivity index (χ3v) is 5.45. The standard InChI is InChI=1S/C21H27N3O4S/c1-21(2,3)28-20(26)22-15-9-11-24(12-10-15)19(25)17-13-29-18(23-17)14-5-7-16(27-4)8-6-14/h5-8,13,15H,9-12H2,1-4H3,(H,22,26). The largest absolute Gasteiger partial charge is 0.497 e. The number of benzene rings is 1. The molecule has 1 aliphatic heterocycles. The monoisotopic (exact) mass is 417 g/mol. The van der Waals surface area contributed by atoms with Crippen LogP contribution < -0.4 is 10.1 Å². The lowest BCUT2D eigenvalue weighted by molar-refractivity contribution is 0.0473. The van der Waals surface area contributed by atoms with Crippen LogP contribution in [-0.2, 0) is 4.74 Å². The summed E-state index contributed by atoms with van der Waals surface area (Å²) in [7, 11) is 1.63. The highest BCUT2D eigenvalue weighted by Gasteiger charge is 2.27. The number of nitrogens with zero attached hydrogens (tertiary/aromatic N) is 2. The fraction of sp³-hybridized carbons (Fsp3) is 0.476. The molecule has 2 amide bonds. The summed E-state index contributed by atoms with van der Waals surface area (Å²) in [6.45, 7) is 6.66. The van der Waals surface area contributed by atoms with Gasteiger partial charge in [0.1, 0.15) is 22.1 Å². The number of hydrogen-bond donors (Lipinski definition) is 1. The highest BCUT2D eigenvalue weighted by Crippen LogP contribution is 2.26. The Labute approximate surface area is 175 Å². The first-order valence-electron chi connectivity index (χ1n) is 9.64. The zero-order chi connectivity index (χ0) is 21.0. The van der Waals surface area contributed by atoms with E-state index in [1.54, 1.807) is 17.4 Å². The van der Waals surface area contributed by atoms with E-state index in [0.717, 1.165) is 16.3 Å². The van der Waals surface area contributed by atoms with Gasteiger partial charge in [0.05, 0.1) is 7.11 Å². The third kappa shape index (κ3) is 5.69. The Morgan fingerprint density at radius 3 is 2.41 bits per heavy atom. The van der Waals surface area contributed by atoms with E-state index < -0.39 is 11.7 Å². The molecule has 2 aromatic rings. The van der Waals surface area contributed by atoms with Gasteiger partial charge in [-0.15, -0.1) is 11.3 Å². The molecule has 156 valence electrons. The van der Waals surface area contributed by atoms with E-state index in [9.17, 15) is 9.59 Å². The molecular formula is C21H27N3O4S. The first-order chi connectivity index (χ1) is 13.7. The molecular weight excluding hydrogens is 390 g/mol. The number of likely N-dealkylation sites (tertiary alicyclic amines) is 1. The smallest absolute Gasteiger partial charge is 0.407 e. The number of piperidine rings is 1. The second kappa shape index (κ2) is 8.82. The van der Waals surface area contributed by atoms with Gasteiger partial charge in [-0.05, 0) is 57.9 Å². The summed E-state index contributed by atoms with van der Waals surface area (Å²) >= 11 is 1.45. The number of alkyl carbamates (subject to hydrolysis) is 1. The number of ether oxygens (including phenoxy) is 2. The van der Waals surface area contributed by atoms with Gasteiger partial charge in [0.2, 0.25) is 0 Å². The van der Waals surface area contributed by atoms with Crippen LogP contribution in [0.25, 0.3) is 10.6 Å². The summed E-state index contributed by atoms with van der Waals surface area (Å²) < 4.78 is 10.5. The van der Waals surface area contributed by atoms with Crippen molar-refractivity contribution >= 4 is 23.3 Å². The van der Waals surface area contributed by atoms with Crippen LogP contribution in [0.1, 0.15) is 44.1 Å². The van der Waals surface area contributed by atoms with E-state index in [0.29, 0.717) is 31.6 Å². The van der Waals surface area contributed by atoms with Crippen molar-refractivity contribution in [3.8, 4) is 16.3 Å². The minimum absolute atomic E-state index is 0.0131. The Morgan fingerprint density at radius 1 is 1.17 bits per heavy atom. The molecule has 0 saturated carbocycles. The van der Waals surface area contributed by atoms with Crippen molar-refractivity contribution < 1.29 is 19.1 Å². The molecule has 1 N–H and O–H groups in total. The molecule has 8 heteroatoms. The molecule has 0 spiro atoms. The van der Waals surface area contributed by atoms with Crippen molar-refractivity contribution in [2.45, 2.75) is 45.3 Å². The van der Waals surface area contributed by atoms with Crippen LogP contribution in [-0.4, -0.2) is 53.7 Å². The number of carbonyl (C=O) groups is 2. The molecule has 0 bridgehead atoms. The predicted octanol–water partition coefficient (Wildman–Crippen LogP) is 3.95. The van der Waals surface area contributed by atoms with Gasteiger partial charge >= 0.3 is 6.09 Å². The summed E-state index contributed by atoms with van der Waals surface area (Å²) in [5, 5.41) is 5.49. The number of aromatic nitrogens is 1. The zero-order valence-electron chi connectivity index (χ0n) is 17.2. The van der Waals surface area contributed by atoms with Crippen molar-refractivity contribution in [1.29, 1.82) is 0 Å². The Kier molecular flexibility index (Phi) is 6.42. The van der Waals surface area contributed by atoms with Gasteiger partial charge in [0, 0.05) is 30.1 Å². The molecule has 1 aromatic carbocycles. The average molecular weight is 418 g/mol. The number of carbonyl (C=O) groups excluding carboxylic acids is 2. The molecule has 7 nitrogen and oxygen atoms in total. The summed E-state index contributed by atoms with van der Waals surface area (Å²) in [5.74, 6) is 0.709. The number of rotatable bonds is 4. The second-order valence-corrected chi connectivity index (χ2v) is 8.84. The van der Waals surface area contributed by atoms with E-state index in [1.807, 2.05) is 45.0 Å². The van der Waals surface area contributed by atoms with Crippen LogP contribution in [0.4, 0.5) is 4.79 Å². The number of thiazole rings is 1. The number of methoxy groups -OCH3 is 1. The normalized spacial score (nSPS) is 15.1. The van der Waals surface area contributed by atoms with Gasteiger partial charge in [-0.1, -0.05) is 0 Å². The van der Waals surface area contributed by atoms with E-state index in [4.69, 9.17) is 9.47 Å². The van der Waals surface area contributed by atoms with Gasteiger partial charge in [0.25, 0.3) is 5.91 Å². The highest BCUT2D eigenvalue weighted by molar-refractivity contribution is 7.13. The van der Waals surface area contributed by atoms with Crippen molar-refractivity contribution in [2.24, 2.45) is 0 Å². The summed E-state index contributed by atoms with van der Waals surface area (Å²) in [6.07, 6.45) is 0.979. The lowest BCUT2D eigenvalue weighted by Gasteiger charge is -2.32. The molecule has 0 unspecified atom stereocenters. The molecule has 1 aliphatic rings. The van der Waals surface area contributed by atoms with Crippen LogP contribution in [0, 0.1) is 0 Å². The SMILES string of the molecule is COc1ccc(-c2nc(C(=O)N3CCC(NC(=O)OC(C)(C)C)CC3)cs2)cc1. The maximum absolute atomic E-state index is 12.8. The lowest BCUT2D eigenvalue weighted by Crippen LogP contribution is -2.47. The Bertz CT molecular complexity index is 850. The molecule has 0 radical (unpaired) electrons. The van der Waals surface area contributed by atoms with E-state index in [1.165, 1.54) is 11.3 Å².